The van der Waals surface area contributed by atoms with Crippen molar-refractivity contribution in [1.29, 1.82) is 0 Å². The first-order valence-corrected chi connectivity index (χ1v) is 29.2. The molecule has 354 valence electrons. The van der Waals surface area contributed by atoms with E-state index < -0.39 is 13.5 Å². The van der Waals surface area contributed by atoms with Crippen molar-refractivity contribution < 1.29 is 8.83 Å². The molecule has 74 heavy (non-hydrogen) atoms. The molecule has 0 saturated heterocycles. The highest BCUT2D eigenvalue weighted by Gasteiger charge is 2.48. The zero-order valence-corrected chi connectivity index (χ0v) is 42.8. The van der Waals surface area contributed by atoms with Gasteiger partial charge in [-0.1, -0.05) is 206 Å². The summed E-state index contributed by atoms with van der Waals surface area (Å²) in [5.41, 5.74) is 17.3. The van der Waals surface area contributed by atoms with Gasteiger partial charge in [0.1, 0.15) is 11.2 Å². The van der Waals surface area contributed by atoms with Gasteiger partial charge in [-0.15, -0.1) is 0 Å². The van der Waals surface area contributed by atoms with Gasteiger partial charge in [0.05, 0.1) is 30.6 Å². The number of benzene rings is 11. The molecule has 0 N–H and O–H groups in total. The number of hydrogen-bond acceptors (Lipinski definition) is 4. The van der Waals surface area contributed by atoms with E-state index in [9.17, 15) is 0 Å². The minimum atomic E-state index is -1.63. The molecule has 2 aromatic heterocycles. The van der Waals surface area contributed by atoms with Crippen LogP contribution in [-0.4, -0.2) is 8.07 Å². The number of fused-ring (bicyclic) bond motifs is 11. The predicted molar refractivity (Wildman–Crippen MR) is 313 cm³/mol. The average molecular weight is 969 g/mol. The Bertz CT molecular complexity index is 4260. The van der Waals surface area contributed by atoms with Crippen LogP contribution in [0.5, 0.6) is 0 Å². The number of anilines is 6. The Morgan fingerprint density at radius 3 is 1.42 bits per heavy atom. The third-order valence-corrected chi connectivity index (χ3v) is 17.6. The van der Waals surface area contributed by atoms with Gasteiger partial charge < -0.3 is 18.6 Å². The van der Waals surface area contributed by atoms with Crippen molar-refractivity contribution in [2.75, 3.05) is 9.80 Å². The first-order chi connectivity index (χ1) is 36.3. The van der Waals surface area contributed by atoms with Gasteiger partial charge in [-0.2, -0.15) is 0 Å². The summed E-state index contributed by atoms with van der Waals surface area (Å²) in [5, 5.41) is 8.13. The molecule has 0 amide bonds. The van der Waals surface area contributed by atoms with E-state index in [0.717, 1.165) is 83.4 Å². The normalized spacial score (nSPS) is 13.0. The molecule has 4 nitrogen and oxygen atoms in total. The summed E-state index contributed by atoms with van der Waals surface area (Å²) in [4.78, 5) is 4.85. The minimum absolute atomic E-state index is 0.759. The van der Waals surface area contributed by atoms with Crippen LogP contribution >= 0.6 is 0 Å². The Hall–Kier alpha value is -8.90. The van der Waals surface area contributed by atoms with Gasteiger partial charge >= 0.3 is 0 Å². The molecule has 0 saturated carbocycles. The highest BCUT2D eigenvalue weighted by atomic mass is 28.3. The number of hydrogen-bond donors (Lipinski definition) is 0. The van der Waals surface area contributed by atoms with Gasteiger partial charge in [0, 0.05) is 44.0 Å². The molecule has 0 atom stereocenters. The van der Waals surface area contributed by atoms with E-state index in [2.05, 4.69) is 273 Å². The van der Waals surface area contributed by atoms with E-state index in [1.807, 2.05) is 6.07 Å². The van der Waals surface area contributed by atoms with Gasteiger partial charge in [0.2, 0.25) is 0 Å². The molecule has 0 unspecified atom stereocenters. The average Bonchev–Trinajstić information content (AvgIpc) is 4.20. The Morgan fingerprint density at radius 2 is 0.838 bits per heavy atom. The van der Waals surface area contributed by atoms with Crippen LogP contribution in [0.1, 0.15) is 27.8 Å². The summed E-state index contributed by atoms with van der Waals surface area (Å²) in [7, 11) is -1.63. The van der Waals surface area contributed by atoms with Crippen molar-refractivity contribution in [3.05, 3.63) is 270 Å². The zero-order chi connectivity index (χ0) is 49.7. The highest BCUT2D eigenvalue weighted by Crippen LogP contribution is 2.61. The molecular weight excluding hydrogens is 917 g/mol. The van der Waals surface area contributed by atoms with Crippen molar-refractivity contribution in [3.63, 3.8) is 0 Å². The van der Waals surface area contributed by atoms with Crippen molar-refractivity contribution in [3.8, 4) is 11.1 Å². The summed E-state index contributed by atoms with van der Waals surface area (Å²) in [5.74, 6) is 0. The van der Waals surface area contributed by atoms with Crippen LogP contribution in [0.15, 0.2) is 251 Å². The first kappa shape index (κ1) is 43.8. The molecule has 1 aliphatic carbocycles. The van der Waals surface area contributed by atoms with Crippen molar-refractivity contribution in [2.24, 2.45) is 0 Å². The molecule has 1 aliphatic rings. The van der Waals surface area contributed by atoms with Crippen LogP contribution in [-0.2, 0) is 5.41 Å². The topological polar surface area (TPSA) is 32.8 Å². The van der Waals surface area contributed by atoms with Gasteiger partial charge in [-0.05, 0) is 112 Å². The van der Waals surface area contributed by atoms with E-state index >= 15 is 0 Å². The van der Waals surface area contributed by atoms with Gasteiger partial charge in [-0.25, -0.2) is 0 Å². The Balaban J connectivity index is 1.09. The summed E-state index contributed by atoms with van der Waals surface area (Å²) >= 11 is 0. The molecule has 14 rings (SSSR count). The van der Waals surface area contributed by atoms with Gasteiger partial charge in [-0.3, -0.25) is 0 Å². The molecule has 11 aromatic carbocycles. The monoisotopic (exact) mass is 968 g/mol. The second-order valence-corrected chi connectivity index (χ2v) is 26.0. The van der Waals surface area contributed by atoms with Crippen LogP contribution in [0.2, 0.25) is 19.6 Å². The maximum absolute atomic E-state index is 6.93. The molecule has 0 aliphatic heterocycles. The molecule has 5 heteroatoms. The second-order valence-electron chi connectivity index (χ2n) is 20.9. The lowest BCUT2D eigenvalue weighted by Gasteiger charge is -2.36. The fourth-order valence-electron chi connectivity index (χ4n) is 12.1. The van der Waals surface area contributed by atoms with Crippen molar-refractivity contribution in [1.82, 2.24) is 0 Å². The molecule has 0 radical (unpaired) electrons. The number of furan rings is 2. The number of rotatable bonds is 9. The number of para-hydroxylation sites is 4. The predicted octanol–water partition coefficient (Wildman–Crippen LogP) is 18.8. The quantitative estimate of drug-likeness (QED) is 0.135. The molecule has 2 heterocycles. The van der Waals surface area contributed by atoms with E-state index in [1.54, 1.807) is 0 Å². The van der Waals surface area contributed by atoms with Crippen LogP contribution in [0.3, 0.4) is 0 Å². The Kier molecular flexibility index (Phi) is 9.98. The van der Waals surface area contributed by atoms with Crippen LogP contribution in [0.4, 0.5) is 34.1 Å². The van der Waals surface area contributed by atoms with Crippen molar-refractivity contribution >= 4 is 102 Å². The number of aryl methyl sites for hydroxylation is 1. The third kappa shape index (κ3) is 6.66. The Labute approximate surface area is 432 Å². The van der Waals surface area contributed by atoms with Gasteiger partial charge in [0.25, 0.3) is 0 Å². The maximum atomic E-state index is 6.93. The van der Waals surface area contributed by atoms with Crippen LogP contribution < -0.4 is 15.0 Å². The maximum Gasteiger partial charge on any atom is 0.159 e. The highest BCUT2D eigenvalue weighted by molar-refractivity contribution is 6.88. The molecular formula is C69H52N2O2Si. The van der Waals surface area contributed by atoms with E-state index in [4.69, 9.17) is 8.83 Å². The lowest BCUT2D eigenvalue weighted by molar-refractivity contribution is 0.668. The fourth-order valence-corrected chi connectivity index (χ4v) is 13.3. The fraction of sp³-hybridized carbons (Fsp3) is 0.0725. The van der Waals surface area contributed by atoms with Crippen LogP contribution in [0.25, 0.3) is 65.8 Å². The van der Waals surface area contributed by atoms with E-state index in [-0.39, 0.29) is 0 Å². The minimum Gasteiger partial charge on any atom is -0.454 e. The summed E-state index contributed by atoms with van der Waals surface area (Å²) in [6.07, 6.45) is 0. The first-order valence-electron chi connectivity index (χ1n) is 25.7. The summed E-state index contributed by atoms with van der Waals surface area (Å²) in [6.45, 7) is 9.39. The smallest absolute Gasteiger partial charge is 0.159 e. The van der Waals surface area contributed by atoms with Crippen molar-refractivity contribution in [2.45, 2.75) is 32.0 Å². The summed E-state index contributed by atoms with van der Waals surface area (Å²) in [6, 6.07) is 89.1. The SMILES string of the molecule is Cc1ccc(N(c2ccc3c(c2)C(c2ccccc2)(c2ccccc2)c2cc(N(c4ccc([Si](C)(C)C)cc4)c4cccc5c4oc4ccccc45)c4ccccc4c2-3)c2cccc3c2oc2ccccc23)cc1. The lowest BCUT2D eigenvalue weighted by Crippen LogP contribution is -2.37. The van der Waals surface area contributed by atoms with Crippen LogP contribution in [0, 0.1) is 6.92 Å². The molecule has 0 fully saturated rings. The third-order valence-electron chi connectivity index (χ3n) is 15.5. The molecule has 0 bridgehead atoms. The Morgan fingerprint density at radius 1 is 0.365 bits per heavy atom. The van der Waals surface area contributed by atoms with E-state index in [0.29, 0.717) is 0 Å². The standard InChI is InChI=1S/C69H52N2O2Si/c1-45-33-35-48(36-34-45)70(61-29-17-27-56-53-24-13-15-31-64(53)72-67(56)61)50-39-42-58-59(43-50)69(46-19-7-5-8-20-46,47-21-9-6-10-22-47)60-44-63(52-23-11-12-26-55(52)66(58)60)71(49-37-40-51(41-38-49)74(2,3)4)62-30-18-28-57-54-25-14-16-32-65(54)73-68(57)62/h5-44H,1-4H3. The molecule has 0 spiro atoms. The largest absolute Gasteiger partial charge is 0.454 e. The number of nitrogens with zero attached hydrogens (tertiary/aromatic N) is 2. The lowest BCUT2D eigenvalue weighted by atomic mass is 9.67. The summed E-state index contributed by atoms with van der Waals surface area (Å²) < 4.78 is 13.8. The second kappa shape index (κ2) is 16.8. The van der Waals surface area contributed by atoms with E-state index in [1.165, 1.54) is 49.5 Å². The molecule has 13 aromatic rings. The zero-order valence-electron chi connectivity index (χ0n) is 41.8. The van der Waals surface area contributed by atoms with Gasteiger partial charge in [0.15, 0.2) is 11.2 Å².